The Hall–Kier alpha value is -0.290. The van der Waals surface area contributed by atoms with Gasteiger partial charge in [0.05, 0.1) is 6.10 Å². The van der Waals surface area contributed by atoms with E-state index in [4.69, 9.17) is 4.74 Å². The maximum atomic E-state index is 11.9. The van der Waals surface area contributed by atoms with Crippen LogP contribution in [-0.4, -0.2) is 31.5 Å². The van der Waals surface area contributed by atoms with Gasteiger partial charge in [0, 0.05) is 19.1 Å². The van der Waals surface area contributed by atoms with Crippen LogP contribution in [0, 0.1) is 0 Å². The minimum Gasteiger partial charge on any atom is -0.377 e. The van der Waals surface area contributed by atoms with Crippen LogP contribution in [0.1, 0.15) is 39.0 Å². The molecule has 1 aliphatic rings. The van der Waals surface area contributed by atoms with E-state index in [1.807, 2.05) is 6.92 Å². The molecule has 1 fully saturated rings. The van der Waals surface area contributed by atoms with Crippen molar-refractivity contribution < 1.29 is 17.9 Å². The molecule has 1 N–H and O–H groups in total. The second-order valence-electron chi connectivity index (χ2n) is 4.22. The summed E-state index contributed by atoms with van der Waals surface area (Å²) < 4.78 is 41.2. The molecule has 0 aromatic rings. The molecular weight excluding hydrogens is 219 g/mol. The molecule has 2 nitrogen and oxygen atoms in total. The van der Waals surface area contributed by atoms with E-state index < -0.39 is 12.6 Å². The number of nitrogens with one attached hydrogen (secondary N) is 1. The predicted molar refractivity (Wildman–Crippen MR) is 56.3 cm³/mol. The van der Waals surface area contributed by atoms with Crippen molar-refractivity contribution in [2.75, 3.05) is 13.2 Å². The van der Waals surface area contributed by atoms with Gasteiger partial charge in [-0.15, -0.1) is 0 Å². The lowest BCUT2D eigenvalue weighted by molar-refractivity contribution is -0.139. The van der Waals surface area contributed by atoms with Crippen molar-refractivity contribution in [1.29, 1.82) is 0 Å². The molecule has 0 spiro atoms. The number of halogens is 3. The first kappa shape index (κ1) is 13.8. The highest BCUT2D eigenvalue weighted by atomic mass is 19.4. The molecule has 16 heavy (non-hydrogen) atoms. The van der Waals surface area contributed by atoms with Crippen molar-refractivity contribution in [2.45, 2.75) is 57.3 Å². The molecule has 96 valence electrons. The van der Waals surface area contributed by atoms with Crippen molar-refractivity contribution in [1.82, 2.24) is 5.32 Å². The summed E-state index contributed by atoms with van der Waals surface area (Å²) in [7, 11) is 0. The Bertz CT molecular complexity index is 196. The molecule has 0 bridgehead atoms. The topological polar surface area (TPSA) is 21.3 Å². The minimum atomic E-state index is -4.06. The van der Waals surface area contributed by atoms with Crippen molar-refractivity contribution in [3.8, 4) is 0 Å². The molecule has 0 aromatic carbocycles. The Labute approximate surface area is 94.5 Å². The van der Waals surface area contributed by atoms with Gasteiger partial charge in [0.1, 0.15) is 0 Å². The fourth-order valence-corrected chi connectivity index (χ4v) is 2.13. The lowest BCUT2D eigenvalue weighted by Crippen LogP contribution is -2.37. The molecular formula is C11H20F3NO. The average molecular weight is 239 g/mol. The molecule has 1 aliphatic carbocycles. The van der Waals surface area contributed by atoms with Gasteiger partial charge < -0.3 is 10.1 Å². The van der Waals surface area contributed by atoms with Crippen LogP contribution in [0.15, 0.2) is 0 Å². The van der Waals surface area contributed by atoms with Crippen LogP contribution in [0.2, 0.25) is 0 Å². The monoisotopic (exact) mass is 239 g/mol. The number of likely N-dealkylation sites (N-methyl/N-ethyl adjacent to an activating group) is 1. The van der Waals surface area contributed by atoms with E-state index in [0.717, 1.165) is 25.8 Å². The zero-order valence-electron chi connectivity index (χ0n) is 9.65. The molecule has 0 saturated heterocycles. The maximum absolute atomic E-state index is 11.9. The molecule has 1 rings (SSSR count). The molecule has 2 unspecified atom stereocenters. The van der Waals surface area contributed by atoms with Gasteiger partial charge in [0.15, 0.2) is 0 Å². The fourth-order valence-electron chi connectivity index (χ4n) is 2.13. The van der Waals surface area contributed by atoms with Crippen molar-refractivity contribution in [3.05, 3.63) is 0 Å². The number of ether oxygens (including phenoxy) is 1. The van der Waals surface area contributed by atoms with Gasteiger partial charge in [0.25, 0.3) is 0 Å². The number of hydrogen-bond donors (Lipinski definition) is 1. The molecule has 0 aromatic heterocycles. The Morgan fingerprint density at radius 3 is 2.69 bits per heavy atom. The molecule has 0 aliphatic heterocycles. The van der Waals surface area contributed by atoms with Gasteiger partial charge in [-0.1, -0.05) is 6.92 Å². The summed E-state index contributed by atoms with van der Waals surface area (Å²) in [4.78, 5) is 0. The van der Waals surface area contributed by atoms with E-state index in [0.29, 0.717) is 6.04 Å². The second-order valence-corrected chi connectivity index (χ2v) is 4.22. The Kier molecular flexibility index (Phi) is 5.55. The predicted octanol–water partition coefficient (Wildman–Crippen LogP) is 2.88. The van der Waals surface area contributed by atoms with E-state index in [9.17, 15) is 13.2 Å². The zero-order valence-corrected chi connectivity index (χ0v) is 9.65. The standard InChI is InChI=1S/C11H20F3NO/c1-2-15-9-5-3-6-10(9)16-8-4-7-11(12,13)14/h9-10,15H,2-8H2,1H3. The molecule has 2 atom stereocenters. The average Bonchev–Trinajstić information content (AvgIpc) is 2.60. The molecule has 0 amide bonds. The third-order valence-electron chi connectivity index (χ3n) is 2.86. The van der Waals surface area contributed by atoms with E-state index >= 15 is 0 Å². The first-order valence-electron chi connectivity index (χ1n) is 5.94. The van der Waals surface area contributed by atoms with Crippen LogP contribution >= 0.6 is 0 Å². The third-order valence-corrected chi connectivity index (χ3v) is 2.86. The summed E-state index contributed by atoms with van der Waals surface area (Å²) in [5, 5.41) is 3.30. The van der Waals surface area contributed by atoms with Crippen LogP contribution in [0.25, 0.3) is 0 Å². The van der Waals surface area contributed by atoms with Gasteiger partial charge in [-0.05, 0) is 32.2 Å². The van der Waals surface area contributed by atoms with E-state index in [1.54, 1.807) is 0 Å². The van der Waals surface area contributed by atoms with Crippen LogP contribution < -0.4 is 5.32 Å². The number of alkyl halides is 3. The summed E-state index contributed by atoms with van der Waals surface area (Å²) in [6.45, 7) is 3.12. The van der Waals surface area contributed by atoms with E-state index in [2.05, 4.69) is 5.32 Å². The van der Waals surface area contributed by atoms with Crippen molar-refractivity contribution in [2.24, 2.45) is 0 Å². The highest BCUT2D eigenvalue weighted by Crippen LogP contribution is 2.24. The third kappa shape index (κ3) is 5.16. The number of rotatable bonds is 6. The van der Waals surface area contributed by atoms with Gasteiger partial charge in [-0.2, -0.15) is 13.2 Å². The molecule has 0 heterocycles. The summed E-state index contributed by atoms with van der Waals surface area (Å²) in [5.41, 5.74) is 0. The highest BCUT2D eigenvalue weighted by molar-refractivity contribution is 4.83. The summed E-state index contributed by atoms with van der Waals surface area (Å²) in [6.07, 6.45) is -1.50. The zero-order chi connectivity index (χ0) is 12.0. The van der Waals surface area contributed by atoms with Gasteiger partial charge in [-0.25, -0.2) is 0 Å². The highest BCUT2D eigenvalue weighted by Gasteiger charge is 2.29. The smallest absolute Gasteiger partial charge is 0.377 e. The molecule has 1 saturated carbocycles. The van der Waals surface area contributed by atoms with Crippen molar-refractivity contribution >= 4 is 0 Å². The van der Waals surface area contributed by atoms with Crippen molar-refractivity contribution in [3.63, 3.8) is 0 Å². The molecule has 0 radical (unpaired) electrons. The minimum absolute atomic E-state index is 0.0683. The lowest BCUT2D eigenvalue weighted by Gasteiger charge is -2.21. The normalized spacial score (nSPS) is 26.2. The first-order chi connectivity index (χ1) is 7.53. The first-order valence-corrected chi connectivity index (χ1v) is 5.94. The van der Waals surface area contributed by atoms with Crippen LogP contribution in [0.5, 0.6) is 0 Å². The van der Waals surface area contributed by atoms with Crippen LogP contribution in [0.3, 0.4) is 0 Å². The lowest BCUT2D eigenvalue weighted by atomic mass is 10.2. The maximum Gasteiger partial charge on any atom is 0.389 e. The van der Waals surface area contributed by atoms with E-state index in [1.165, 1.54) is 0 Å². The summed E-state index contributed by atoms with van der Waals surface area (Å²) >= 11 is 0. The molecule has 5 heteroatoms. The number of hydrogen-bond acceptors (Lipinski definition) is 2. The van der Waals surface area contributed by atoms with Gasteiger partial charge >= 0.3 is 6.18 Å². The van der Waals surface area contributed by atoms with Gasteiger partial charge in [0.2, 0.25) is 0 Å². The van der Waals surface area contributed by atoms with Crippen LogP contribution in [0.4, 0.5) is 13.2 Å². The Balaban J connectivity index is 2.12. The quantitative estimate of drug-likeness (QED) is 0.720. The fraction of sp³-hybridized carbons (Fsp3) is 1.00. The SMILES string of the molecule is CCNC1CCCC1OCCCC(F)(F)F. The largest absolute Gasteiger partial charge is 0.389 e. The van der Waals surface area contributed by atoms with Gasteiger partial charge in [-0.3, -0.25) is 0 Å². The van der Waals surface area contributed by atoms with E-state index in [-0.39, 0.29) is 19.1 Å². The Morgan fingerprint density at radius 1 is 1.31 bits per heavy atom. The summed E-state index contributed by atoms with van der Waals surface area (Å²) in [5.74, 6) is 0. The Morgan fingerprint density at radius 2 is 2.06 bits per heavy atom. The second kappa shape index (κ2) is 6.45. The van der Waals surface area contributed by atoms with Crippen LogP contribution in [-0.2, 0) is 4.74 Å². The summed E-state index contributed by atoms with van der Waals surface area (Å²) in [6, 6.07) is 0.330.